The number of nitrogen functional groups attached to an aromatic ring is 1. The van der Waals surface area contributed by atoms with Crippen LogP contribution in [0.1, 0.15) is 13.8 Å². The number of hydrogen-bond acceptors (Lipinski definition) is 4. The van der Waals surface area contributed by atoms with Crippen LogP contribution < -0.4 is 10.6 Å². The first-order chi connectivity index (χ1) is 8.49. The van der Waals surface area contributed by atoms with Gasteiger partial charge in [-0.15, -0.1) is 0 Å². The van der Waals surface area contributed by atoms with E-state index in [0.717, 1.165) is 17.6 Å². The molecule has 6 heteroatoms. The predicted octanol–water partition coefficient (Wildman–Crippen LogP) is 1.73. The lowest BCUT2D eigenvalue weighted by Gasteiger charge is -2.24. The Bertz CT molecular complexity index is 421. The highest BCUT2D eigenvalue weighted by Gasteiger charge is 2.15. The Hall–Kier alpha value is -1.30. The van der Waals surface area contributed by atoms with E-state index in [1.54, 1.807) is 17.2 Å². The van der Waals surface area contributed by atoms with Crippen LogP contribution >= 0.6 is 15.9 Å². The second-order valence-corrected chi connectivity index (χ2v) is 4.85. The molecular weight excluding hydrogens is 296 g/mol. The zero-order valence-corrected chi connectivity index (χ0v) is 12.6. The molecule has 5 nitrogen and oxygen atoms in total. The zero-order chi connectivity index (χ0) is 13.7. The van der Waals surface area contributed by atoms with E-state index in [0.29, 0.717) is 18.1 Å². The fraction of sp³-hybridized carbons (Fsp3) is 0.500. The van der Waals surface area contributed by atoms with Crippen LogP contribution in [0.2, 0.25) is 0 Å². The Morgan fingerprint density at radius 2 is 2.06 bits per heavy atom. The number of carbonyl (C=O) groups is 1. The van der Waals surface area contributed by atoms with Crippen molar-refractivity contribution in [3.63, 3.8) is 0 Å². The van der Waals surface area contributed by atoms with E-state index in [1.807, 2.05) is 25.8 Å². The van der Waals surface area contributed by atoms with Crippen molar-refractivity contribution in [1.29, 1.82) is 0 Å². The number of aromatic nitrogens is 1. The Morgan fingerprint density at radius 3 is 2.56 bits per heavy atom. The highest BCUT2D eigenvalue weighted by molar-refractivity contribution is 9.10. The molecule has 1 rings (SSSR count). The highest BCUT2D eigenvalue weighted by Crippen LogP contribution is 2.24. The number of likely N-dealkylation sites (N-methyl/N-ethyl adjacent to an activating group) is 2. The molecule has 1 aromatic heterocycles. The van der Waals surface area contributed by atoms with Gasteiger partial charge >= 0.3 is 0 Å². The number of anilines is 2. The van der Waals surface area contributed by atoms with Crippen LogP contribution in [-0.4, -0.2) is 42.5 Å². The van der Waals surface area contributed by atoms with Gasteiger partial charge in [0.15, 0.2) is 0 Å². The molecule has 0 radical (unpaired) electrons. The van der Waals surface area contributed by atoms with Crippen LogP contribution in [0, 0.1) is 0 Å². The Labute approximate surface area is 116 Å². The summed E-state index contributed by atoms with van der Waals surface area (Å²) in [7, 11) is 1.84. The van der Waals surface area contributed by atoms with Gasteiger partial charge in [-0.1, -0.05) is 0 Å². The standard InChI is InChI=1S/C12H19BrN4O/c1-4-17(5-2)11(18)8-16(3)12-10(13)6-9(14)7-15-12/h6-7H,4-5,8,14H2,1-3H3. The first-order valence-corrected chi connectivity index (χ1v) is 6.68. The summed E-state index contributed by atoms with van der Waals surface area (Å²) in [4.78, 5) is 19.8. The first-order valence-electron chi connectivity index (χ1n) is 5.89. The second kappa shape index (κ2) is 6.58. The molecule has 0 unspecified atom stereocenters. The molecular formula is C12H19BrN4O. The summed E-state index contributed by atoms with van der Waals surface area (Å²) in [5.74, 6) is 0.803. The Kier molecular flexibility index (Phi) is 5.40. The van der Waals surface area contributed by atoms with Gasteiger partial charge in [-0.3, -0.25) is 4.79 Å². The summed E-state index contributed by atoms with van der Waals surface area (Å²) in [6.45, 7) is 5.69. The monoisotopic (exact) mass is 314 g/mol. The average molecular weight is 315 g/mol. The van der Waals surface area contributed by atoms with E-state index >= 15 is 0 Å². The average Bonchev–Trinajstić information content (AvgIpc) is 2.30. The molecule has 2 N–H and O–H groups in total. The van der Waals surface area contributed by atoms with Gasteiger partial charge in [0.1, 0.15) is 5.82 Å². The van der Waals surface area contributed by atoms with Crippen molar-refractivity contribution in [2.75, 3.05) is 37.3 Å². The SMILES string of the molecule is CCN(CC)C(=O)CN(C)c1ncc(N)cc1Br. The smallest absolute Gasteiger partial charge is 0.242 e. The number of halogens is 1. The molecule has 0 saturated heterocycles. The highest BCUT2D eigenvalue weighted by atomic mass is 79.9. The summed E-state index contributed by atoms with van der Waals surface area (Å²) in [5.41, 5.74) is 6.23. The quantitative estimate of drug-likeness (QED) is 0.899. The molecule has 18 heavy (non-hydrogen) atoms. The van der Waals surface area contributed by atoms with Gasteiger partial charge in [-0.25, -0.2) is 4.98 Å². The van der Waals surface area contributed by atoms with Crippen LogP contribution in [-0.2, 0) is 4.79 Å². The molecule has 0 saturated carbocycles. The molecule has 0 bridgehead atoms. The molecule has 0 aliphatic rings. The van der Waals surface area contributed by atoms with Crippen LogP contribution in [0.3, 0.4) is 0 Å². The molecule has 1 amide bonds. The molecule has 0 atom stereocenters. The lowest BCUT2D eigenvalue weighted by Crippen LogP contribution is -2.39. The maximum atomic E-state index is 12.0. The maximum Gasteiger partial charge on any atom is 0.242 e. The van der Waals surface area contributed by atoms with Crippen LogP contribution in [0.4, 0.5) is 11.5 Å². The van der Waals surface area contributed by atoms with E-state index in [-0.39, 0.29) is 5.91 Å². The summed E-state index contributed by atoms with van der Waals surface area (Å²) >= 11 is 3.40. The molecule has 0 fully saturated rings. The van der Waals surface area contributed by atoms with Crippen LogP contribution in [0.25, 0.3) is 0 Å². The number of carbonyl (C=O) groups excluding carboxylic acids is 1. The van der Waals surface area contributed by atoms with E-state index in [4.69, 9.17) is 5.73 Å². The van der Waals surface area contributed by atoms with Gasteiger partial charge in [-0.05, 0) is 35.8 Å². The third kappa shape index (κ3) is 3.60. The topological polar surface area (TPSA) is 62.5 Å². The second-order valence-electron chi connectivity index (χ2n) is 4.00. The van der Waals surface area contributed by atoms with Gasteiger partial charge in [0.2, 0.25) is 5.91 Å². The molecule has 0 aromatic carbocycles. The van der Waals surface area contributed by atoms with Crippen molar-refractivity contribution in [3.05, 3.63) is 16.7 Å². The minimum atomic E-state index is 0.0908. The zero-order valence-electron chi connectivity index (χ0n) is 11.0. The van der Waals surface area contributed by atoms with Gasteiger partial charge in [0.05, 0.1) is 22.9 Å². The summed E-state index contributed by atoms with van der Waals surface area (Å²) < 4.78 is 0.789. The number of rotatable bonds is 5. The summed E-state index contributed by atoms with van der Waals surface area (Å²) in [6.07, 6.45) is 1.58. The minimum absolute atomic E-state index is 0.0908. The number of nitrogens with two attached hydrogens (primary N) is 1. The molecule has 100 valence electrons. The van der Waals surface area contributed by atoms with Gasteiger partial charge in [0.25, 0.3) is 0 Å². The molecule has 0 aliphatic heterocycles. The number of amides is 1. The third-order valence-corrected chi connectivity index (χ3v) is 3.28. The van der Waals surface area contributed by atoms with Gasteiger partial charge in [0, 0.05) is 20.1 Å². The lowest BCUT2D eigenvalue weighted by molar-refractivity contribution is -0.129. The fourth-order valence-corrected chi connectivity index (χ4v) is 2.35. The first kappa shape index (κ1) is 14.8. The van der Waals surface area contributed by atoms with Crippen molar-refractivity contribution in [3.8, 4) is 0 Å². The van der Waals surface area contributed by atoms with Crippen molar-refractivity contribution < 1.29 is 4.79 Å². The fourth-order valence-electron chi connectivity index (χ4n) is 1.68. The van der Waals surface area contributed by atoms with Gasteiger partial charge in [-0.2, -0.15) is 0 Å². The number of pyridine rings is 1. The van der Waals surface area contributed by atoms with Gasteiger partial charge < -0.3 is 15.5 Å². The molecule has 1 heterocycles. The number of nitrogens with zero attached hydrogens (tertiary/aromatic N) is 3. The molecule has 0 spiro atoms. The van der Waals surface area contributed by atoms with E-state index in [1.165, 1.54) is 0 Å². The number of hydrogen-bond donors (Lipinski definition) is 1. The van der Waals surface area contributed by atoms with Crippen molar-refractivity contribution in [1.82, 2.24) is 9.88 Å². The van der Waals surface area contributed by atoms with E-state index in [9.17, 15) is 4.79 Å². The van der Waals surface area contributed by atoms with E-state index in [2.05, 4.69) is 20.9 Å². The lowest BCUT2D eigenvalue weighted by atomic mass is 10.3. The summed E-state index contributed by atoms with van der Waals surface area (Å²) in [5, 5.41) is 0. The predicted molar refractivity (Wildman–Crippen MR) is 77.5 cm³/mol. The van der Waals surface area contributed by atoms with E-state index < -0.39 is 0 Å². The van der Waals surface area contributed by atoms with Crippen molar-refractivity contribution in [2.24, 2.45) is 0 Å². The Balaban J connectivity index is 2.76. The normalized spacial score (nSPS) is 10.2. The van der Waals surface area contributed by atoms with Crippen LogP contribution in [0.15, 0.2) is 16.7 Å². The maximum absolute atomic E-state index is 12.0. The van der Waals surface area contributed by atoms with Crippen LogP contribution in [0.5, 0.6) is 0 Å². The third-order valence-electron chi connectivity index (χ3n) is 2.69. The molecule has 0 aliphatic carbocycles. The Morgan fingerprint density at radius 1 is 1.44 bits per heavy atom. The molecule has 1 aromatic rings. The minimum Gasteiger partial charge on any atom is -0.397 e. The van der Waals surface area contributed by atoms with Crippen molar-refractivity contribution >= 4 is 33.3 Å². The van der Waals surface area contributed by atoms with Crippen molar-refractivity contribution in [2.45, 2.75) is 13.8 Å². The summed E-state index contributed by atoms with van der Waals surface area (Å²) in [6, 6.07) is 1.78. The largest absolute Gasteiger partial charge is 0.397 e.